The van der Waals surface area contributed by atoms with Crippen LogP contribution in [0.15, 0.2) is 67.0 Å². The van der Waals surface area contributed by atoms with Crippen molar-refractivity contribution in [1.82, 2.24) is 14.8 Å². The van der Waals surface area contributed by atoms with Crippen LogP contribution in [0.5, 0.6) is 0 Å². The molecular formula is C31H34FN3O2. The van der Waals surface area contributed by atoms with E-state index >= 15 is 0 Å². The molecule has 0 saturated heterocycles. The van der Waals surface area contributed by atoms with Gasteiger partial charge in [-0.25, -0.2) is 9.07 Å². The molecule has 6 heteroatoms. The second kappa shape index (κ2) is 9.66. The fraction of sp³-hybridized carbons (Fsp3) is 0.419. The van der Waals surface area contributed by atoms with E-state index in [4.69, 9.17) is 9.72 Å². The molecule has 0 bridgehead atoms. The Morgan fingerprint density at radius 2 is 2.00 bits per heavy atom. The van der Waals surface area contributed by atoms with Gasteiger partial charge in [0.15, 0.2) is 0 Å². The third-order valence-electron chi connectivity index (χ3n) is 8.84. The number of ether oxygens (including phenoxy) is 1. The topological polar surface area (TPSA) is 60.2 Å². The molecule has 1 fully saturated rings. The van der Waals surface area contributed by atoms with Gasteiger partial charge in [-0.15, -0.1) is 0 Å². The standard InChI is InChI=1S/C31H34FN3O2/c1-37-16-14-30(36)12-13-31(20-26-7-2-3-15-33-26)24(19-30)6-4-5-22-18-29-23(17-28(22)31)21-34-35(29)27-10-8-25(32)9-11-27/h2-3,7-11,15,17-18,21,24,36H,4-6,12-14,16,19-20H2,1H3/t24-,30-,31-/m1/s1. The first-order valence-electron chi connectivity index (χ1n) is 13.4. The molecule has 2 aliphatic rings. The summed E-state index contributed by atoms with van der Waals surface area (Å²) in [4.78, 5) is 4.73. The summed E-state index contributed by atoms with van der Waals surface area (Å²) in [6, 6.07) is 17.3. The molecule has 37 heavy (non-hydrogen) atoms. The number of pyridine rings is 1. The minimum absolute atomic E-state index is 0.0916. The maximum atomic E-state index is 13.6. The second-order valence-electron chi connectivity index (χ2n) is 11.0. The fourth-order valence-electron chi connectivity index (χ4n) is 6.94. The zero-order valence-corrected chi connectivity index (χ0v) is 21.4. The predicted octanol–water partition coefficient (Wildman–Crippen LogP) is 5.94. The highest BCUT2D eigenvalue weighted by Crippen LogP contribution is 2.54. The van der Waals surface area contributed by atoms with E-state index in [-0.39, 0.29) is 11.2 Å². The Hall–Kier alpha value is -3.09. The molecule has 2 aromatic heterocycles. The quantitative estimate of drug-likeness (QED) is 0.356. The van der Waals surface area contributed by atoms with Crippen LogP contribution in [0.2, 0.25) is 0 Å². The average Bonchev–Trinajstić information content (AvgIpc) is 3.26. The number of methoxy groups -OCH3 is 1. The summed E-state index contributed by atoms with van der Waals surface area (Å²) in [6.07, 6.45) is 11.0. The highest BCUT2D eigenvalue weighted by molar-refractivity contribution is 5.82. The van der Waals surface area contributed by atoms with Gasteiger partial charge in [-0.3, -0.25) is 4.98 Å². The number of nitrogens with zero attached hydrogens (tertiary/aromatic N) is 3. The first-order chi connectivity index (χ1) is 18.0. The van der Waals surface area contributed by atoms with E-state index in [0.29, 0.717) is 18.9 Å². The van der Waals surface area contributed by atoms with Crippen LogP contribution in [0.1, 0.15) is 55.3 Å². The Kier molecular flexibility index (Phi) is 6.33. The number of halogens is 1. The number of aryl methyl sites for hydroxylation is 1. The van der Waals surface area contributed by atoms with Crippen LogP contribution in [0.4, 0.5) is 4.39 Å². The Labute approximate surface area is 217 Å². The number of aromatic nitrogens is 3. The molecule has 5 nitrogen and oxygen atoms in total. The van der Waals surface area contributed by atoms with Gasteiger partial charge in [0, 0.05) is 36.4 Å². The van der Waals surface area contributed by atoms with Gasteiger partial charge in [0.05, 0.1) is 23.0 Å². The van der Waals surface area contributed by atoms with Gasteiger partial charge in [-0.1, -0.05) is 6.07 Å². The predicted molar refractivity (Wildman–Crippen MR) is 142 cm³/mol. The summed E-state index contributed by atoms with van der Waals surface area (Å²) in [6.45, 7) is 0.580. The van der Waals surface area contributed by atoms with Crippen LogP contribution in [0, 0.1) is 11.7 Å². The fourth-order valence-corrected chi connectivity index (χ4v) is 6.94. The molecule has 2 heterocycles. The van der Waals surface area contributed by atoms with E-state index in [1.165, 1.54) is 23.3 Å². The molecule has 192 valence electrons. The summed E-state index contributed by atoms with van der Waals surface area (Å²) >= 11 is 0. The van der Waals surface area contributed by atoms with Crippen LogP contribution in [-0.4, -0.2) is 39.2 Å². The lowest BCUT2D eigenvalue weighted by atomic mass is 9.56. The molecule has 6 rings (SSSR count). The molecule has 2 aliphatic carbocycles. The van der Waals surface area contributed by atoms with Gasteiger partial charge in [-0.05, 0) is 117 Å². The third-order valence-corrected chi connectivity index (χ3v) is 8.84. The lowest BCUT2D eigenvalue weighted by Gasteiger charge is -2.50. The minimum Gasteiger partial charge on any atom is -0.390 e. The van der Waals surface area contributed by atoms with E-state index in [9.17, 15) is 9.50 Å². The third kappa shape index (κ3) is 4.47. The van der Waals surface area contributed by atoms with Crippen LogP contribution >= 0.6 is 0 Å². The lowest BCUT2D eigenvalue weighted by Crippen LogP contribution is -2.49. The Bertz CT molecular complexity index is 1390. The molecule has 0 radical (unpaired) electrons. The van der Waals surface area contributed by atoms with Crippen molar-refractivity contribution in [2.75, 3.05) is 13.7 Å². The molecule has 1 saturated carbocycles. The van der Waals surface area contributed by atoms with Crippen molar-refractivity contribution < 1.29 is 14.2 Å². The number of aliphatic hydroxyl groups is 1. The van der Waals surface area contributed by atoms with Gasteiger partial charge in [-0.2, -0.15) is 5.10 Å². The lowest BCUT2D eigenvalue weighted by molar-refractivity contribution is -0.0642. The highest BCUT2D eigenvalue weighted by Gasteiger charge is 2.50. The second-order valence-corrected chi connectivity index (χ2v) is 11.0. The van der Waals surface area contributed by atoms with Gasteiger partial charge in [0.25, 0.3) is 0 Å². The molecule has 0 unspecified atom stereocenters. The smallest absolute Gasteiger partial charge is 0.123 e. The summed E-state index contributed by atoms with van der Waals surface area (Å²) in [5.74, 6) is 0.107. The first-order valence-corrected chi connectivity index (χ1v) is 13.4. The molecule has 3 atom stereocenters. The van der Waals surface area contributed by atoms with Crippen LogP contribution in [0.3, 0.4) is 0 Å². The molecule has 0 spiro atoms. The van der Waals surface area contributed by atoms with Crippen molar-refractivity contribution in [2.45, 2.75) is 62.4 Å². The average molecular weight is 500 g/mol. The highest BCUT2D eigenvalue weighted by atomic mass is 19.1. The van der Waals surface area contributed by atoms with E-state index in [2.05, 4.69) is 29.4 Å². The summed E-state index contributed by atoms with van der Waals surface area (Å²) in [5.41, 5.74) is 4.97. The van der Waals surface area contributed by atoms with E-state index in [1.54, 1.807) is 19.2 Å². The van der Waals surface area contributed by atoms with E-state index in [1.807, 2.05) is 23.1 Å². The number of benzene rings is 2. The minimum atomic E-state index is -0.684. The SMILES string of the molecule is COCC[C@]1(O)CC[C@]2(Cc3ccccn3)c3cc4cnn(-c5ccc(F)cc5)c4cc3CCC[C@@H]2C1. The normalized spacial score (nSPS) is 25.4. The zero-order chi connectivity index (χ0) is 25.5. The molecule has 1 N–H and O–H groups in total. The number of hydrogen-bond acceptors (Lipinski definition) is 4. The van der Waals surface area contributed by atoms with E-state index < -0.39 is 5.60 Å². The largest absolute Gasteiger partial charge is 0.390 e. The van der Waals surface area contributed by atoms with Gasteiger partial charge < -0.3 is 9.84 Å². The van der Waals surface area contributed by atoms with E-state index in [0.717, 1.165) is 67.2 Å². The monoisotopic (exact) mass is 499 g/mol. The van der Waals surface area contributed by atoms with Crippen LogP contribution in [-0.2, 0) is 23.0 Å². The van der Waals surface area contributed by atoms with Crippen molar-refractivity contribution >= 4 is 10.9 Å². The molecule has 2 aromatic carbocycles. The summed E-state index contributed by atoms with van der Waals surface area (Å²) in [7, 11) is 1.71. The van der Waals surface area contributed by atoms with Crippen LogP contribution in [0.25, 0.3) is 16.6 Å². The molecule has 4 aromatic rings. The van der Waals surface area contributed by atoms with Crippen molar-refractivity contribution in [3.05, 3.63) is 89.6 Å². The number of fused-ring (bicyclic) bond motifs is 4. The summed E-state index contributed by atoms with van der Waals surface area (Å²) in [5, 5.41) is 17.3. The maximum Gasteiger partial charge on any atom is 0.123 e. The Balaban J connectivity index is 1.47. The van der Waals surface area contributed by atoms with Crippen molar-refractivity contribution in [3.63, 3.8) is 0 Å². The first kappa shape index (κ1) is 24.3. The van der Waals surface area contributed by atoms with Gasteiger partial charge >= 0.3 is 0 Å². The maximum absolute atomic E-state index is 13.6. The Morgan fingerprint density at radius 1 is 1.14 bits per heavy atom. The van der Waals surface area contributed by atoms with Crippen molar-refractivity contribution in [3.8, 4) is 5.69 Å². The van der Waals surface area contributed by atoms with Crippen molar-refractivity contribution in [2.24, 2.45) is 5.92 Å². The molecular weight excluding hydrogens is 465 g/mol. The number of hydrogen-bond donors (Lipinski definition) is 1. The zero-order valence-electron chi connectivity index (χ0n) is 21.4. The van der Waals surface area contributed by atoms with Gasteiger partial charge in [0.1, 0.15) is 5.82 Å². The van der Waals surface area contributed by atoms with Crippen LogP contribution < -0.4 is 0 Å². The molecule has 0 aliphatic heterocycles. The summed E-state index contributed by atoms with van der Waals surface area (Å²) < 4.78 is 20.8. The van der Waals surface area contributed by atoms with Gasteiger partial charge in [0.2, 0.25) is 0 Å². The molecule has 0 amide bonds. The Morgan fingerprint density at radius 3 is 2.78 bits per heavy atom. The van der Waals surface area contributed by atoms with Crippen molar-refractivity contribution in [1.29, 1.82) is 0 Å². The number of rotatable bonds is 6.